The predicted octanol–water partition coefficient (Wildman–Crippen LogP) is 15.1. The van der Waals surface area contributed by atoms with E-state index >= 15 is 0 Å². The van der Waals surface area contributed by atoms with Gasteiger partial charge in [-0.3, -0.25) is 9.55 Å². The van der Waals surface area contributed by atoms with Crippen molar-refractivity contribution in [3.63, 3.8) is 0 Å². The Morgan fingerprint density at radius 3 is 1.79 bits per heavy atom. The Morgan fingerprint density at radius 2 is 1.11 bits per heavy atom. The summed E-state index contributed by atoms with van der Waals surface area (Å²) in [5.74, 6) is 0.914. The summed E-state index contributed by atoms with van der Waals surface area (Å²) >= 11 is 0. The van der Waals surface area contributed by atoms with Gasteiger partial charge < -0.3 is 5.11 Å². The third-order valence-electron chi connectivity index (χ3n) is 12.8. The van der Waals surface area contributed by atoms with E-state index in [4.69, 9.17) is 9.97 Å². The van der Waals surface area contributed by atoms with E-state index in [1.54, 1.807) is 0 Å². The van der Waals surface area contributed by atoms with Crippen LogP contribution in [0.15, 0.2) is 176 Å². The van der Waals surface area contributed by atoms with E-state index in [1.807, 2.05) is 25.3 Å². The van der Waals surface area contributed by atoms with E-state index in [2.05, 4.69) is 204 Å². The Labute approximate surface area is 359 Å². The smallest absolute Gasteiger partial charge is 0.149 e. The number of hydrogen-bond acceptors (Lipinski definition) is 3. The van der Waals surface area contributed by atoms with Crippen LogP contribution in [-0.2, 0) is 5.41 Å². The van der Waals surface area contributed by atoms with E-state index in [-0.39, 0.29) is 16.6 Å². The van der Waals surface area contributed by atoms with Crippen LogP contribution in [0.5, 0.6) is 5.75 Å². The quantitative estimate of drug-likeness (QED) is 0.167. The van der Waals surface area contributed by atoms with Gasteiger partial charge in [-0.25, -0.2) is 4.98 Å². The fourth-order valence-electron chi connectivity index (χ4n) is 8.42. The Morgan fingerprint density at radius 1 is 0.492 bits per heavy atom. The number of rotatable bonds is 8. The van der Waals surface area contributed by atoms with Gasteiger partial charge in [0.2, 0.25) is 0 Å². The molecule has 0 aliphatic rings. The number of pyridine rings is 1. The normalized spacial score (nSPS) is 11.9. The molecule has 2 aromatic heterocycles. The maximum atomic E-state index is 11.9. The van der Waals surface area contributed by atoms with Gasteiger partial charge in [-0.05, 0) is 129 Å². The summed E-state index contributed by atoms with van der Waals surface area (Å²) in [6, 6.07) is 60.0. The zero-order valence-electron chi connectivity index (χ0n) is 36.0. The lowest BCUT2D eigenvalue weighted by Gasteiger charge is -2.40. The molecule has 0 spiro atoms. The first-order chi connectivity index (χ1) is 29.4. The van der Waals surface area contributed by atoms with Crippen LogP contribution < -0.4 is 0 Å². The first-order valence-corrected chi connectivity index (χ1v) is 21.1. The highest BCUT2D eigenvalue weighted by atomic mass is 16.3. The molecule has 300 valence electrons. The molecular weight excluding hydrogens is 743 g/mol. The Bertz CT molecular complexity index is 3050. The number of fused-ring (bicyclic) bond motifs is 1. The Balaban J connectivity index is 1.33. The molecule has 61 heavy (non-hydrogen) atoms. The van der Waals surface area contributed by atoms with Crippen molar-refractivity contribution in [3.05, 3.63) is 193 Å². The van der Waals surface area contributed by atoms with Crippen molar-refractivity contribution in [1.29, 1.82) is 0 Å². The molecule has 0 aliphatic heterocycles. The number of benzene rings is 7. The largest absolute Gasteiger partial charge is 0.507 e. The molecule has 4 heteroatoms. The lowest BCUT2D eigenvalue weighted by atomic mass is 9.65. The van der Waals surface area contributed by atoms with Crippen LogP contribution in [0.3, 0.4) is 0 Å². The molecule has 2 heterocycles. The van der Waals surface area contributed by atoms with Crippen molar-refractivity contribution in [2.75, 3.05) is 0 Å². The Hall–Kier alpha value is -7.04. The Kier molecular flexibility index (Phi) is 10.0. The highest BCUT2D eigenvalue weighted by Crippen LogP contribution is 2.46. The van der Waals surface area contributed by atoms with Gasteiger partial charge in [-0.2, -0.15) is 0 Å². The minimum Gasteiger partial charge on any atom is -0.507 e. The van der Waals surface area contributed by atoms with Gasteiger partial charge >= 0.3 is 0 Å². The fourth-order valence-corrected chi connectivity index (χ4v) is 8.42. The molecule has 0 atom stereocenters. The first kappa shape index (κ1) is 39.4. The number of aromatic nitrogens is 3. The lowest BCUT2D eigenvalue weighted by molar-refractivity contribution is 0.225. The number of aromatic hydroxyl groups is 1. The first-order valence-electron chi connectivity index (χ1n) is 21.1. The summed E-state index contributed by atoms with van der Waals surface area (Å²) in [6.07, 6.45) is 1.90. The molecule has 0 amide bonds. The van der Waals surface area contributed by atoms with Crippen LogP contribution in [-0.4, -0.2) is 19.6 Å². The van der Waals surface area contributed by atoms with Crippen LogP contribution in [0.1, 0.15) is 51.3 Å². The lowest BCUT2D eigenvalue weighted by Crippen LogP contribution is -2.34. The van der Waals surface area contributed by atoms with E-state index in [0.29, 0.717) is 11.4 Å². The van der Waals surface area contributed by atoms with E-state index in [0.717, 1.165) is 83.6 Å². The van der Waals surface area contributed by atoms with Gasteiger partial charge in [0.1, 0.15) is 11.6 Å². The average molecular weight is 794 g/mol. The summed E-state index contributed by atoms with van der Waals surface area (Å²) in [7, 11) is 0. The number of imidazole rings is 1. The minimum atomic E-state index is -0.120. The topological polar surface area (TPSA) is 50.9 Å². The molecule has 9 rings (SSSR count). The predicted molar refractivity (Wildman–Crippen MR) is 255 cm³/mol. The number of para-hydroxylation sites is 1. The van der Waals surface area contributed by atoms with Crippen LogP contribution >= 0.6 is 0 Å². The van der Waals surface area contributed by atoms with Gasteiger partial charge in [-0.15, -0.1) is 0 Å². The number of hydrogen-bond donors (Lipinski definition) is 1. The van der Waals surface area contributed by atoms with Gasteiger partial charge in [0.05, 0.1) is 28.0 Å². The van der Waals surface area contributed by atoms with E-state index in [9.17, 15) is 5.11 Å². The van der Waals surface area contributed by atoms with Crippen molar-refractivity contribution in [2.24, 2.45) is 5.41 Å². The summed E-state index contributed by atoms with van der Waals surface area (Å²) < 4.78 is 2.26. The van der Waals surface area contributed by atoms with Crippen molar-refractivity contribution in [1.82, 2.24) is 14.5 Å². The molecule has 1 N–H and O–H groups in total. The second-order valence-corrected chi connectivity index (χ2v) is 17.9. The molecule has 7 aromatic carbocycles. The van der Waals surface area contributed by atoms with Crippen LogP contribution in [0.4, 0.5) is 0 Å². The fraction of sp³-hybridized carbons (Fsp3) is 0.158. The molecule has 0 saturated carbocycles. The van der Waals surface area contributed by atoms with Gasteiger partial charge in [0, 0.05) is 22.9 Å². The maximum Gasteiger partial charge on any atom is 0.149 e. The zero-order valence-corrected chi connectivity index (χ0v) is 36.0. The second kappa shape index (κ2) is 15.5. The van der Waals surface area contributed by atoms with E-state index < -0.39 is 0 Å². The average Bonchev–Trinajstić information content (AvgIpc) is 3.67. The molecule has 0 bridgehead atoms. The van der Waals surface area contributed by atoms with Crippen molar-refractivity contribution in [2.45, 2.75) is 53.9 Å². The van der Waals surface area contributed by atoms with Gasteiger partial charge in [0.15, 0.2) is 0 Å². The third kappa shape index (κ3) is 7.33. The summed E-state index contributed by atoms with van der Waals surface area (Å²) in [6.45, 7) is 15.6. The maximum absolute atomic E-state index is 11.9. The van der Waals surface area contributed by atoms with Gasteiger partial charge in [0.25, 0.3) is 0 Å². The summed E-state index contributed by atoms with van der Waals surface area (Å²) in [5.41, 5.74) is 17.1. The number of aryl methyl sites for hydroxylation is 2. The van der Waals surface area contributed by atoms with E-state index in [1.165, 1.54) is 5.56 Å². The zero-order chi connectivity index (χ0) is 42.5. The minimum absolute atomic E-state index is 0.0145. The molecule has 0 fully saturated rings. The molecule has 0 radical (unpaired) electrons. The summed E-state index contributed by atoms with van der Waals surface area (Å²) in [4.78, 5) is 10.5. The molecule has 0 unspecified atom stereocenters. The molecule has 0 saturated heterocycles. The SMILES string of the molecule is Cc1cc(C)c(O)c(-c2nc3c(-c4cc(-c5ccccc5)cc(-c5cc(-c6ccccc6)ccn5)c4)cccc3n2-c2ccc(C(C)(C)C(C)(C)C)cc2-c2ccccc2)c1. The van der Waals surface area contributed by atoms with Gasteiger partial charge in [-0.1, -0.05) is 150 Å². The van der Waals surface area contributed by atoms with Crippen molar-refractivity contribution in [3.8, 4) is 78.6 Å². The molecule has 4 nitrogen and oxygen atoms in total. The van der Waals surface area contributed by atoms with Crippen molar-refractivity contribution >= 4 is 11.0 Å². The summed E-state index contributed by atoms with van der Waals surface area (Å²) in [5, 5.41) is 11.9. The standard InChI is InChI=1S/C57H51N3O/c1-37-30-38(2)54(61)49(31-37)55-59-53-47(24-17-25-52(53)60(55)51-27-26-46(57(6,7)56(3,4)5)36-48(51)41-22-15-10-16-23-41)44-32-43(40-20-13-9-14-21-40)33-45(34-44)50-35-42(28-29-58-50)39-18-11-8-12-19-39/h8-36,61H,1-7H3. The van der Waals surface area contributed by atoms with Crippen molar-refractivity contribution < 1.29 is 5.11 Å². The molecule has 9 aromatic rings. The molecule has 0 aliphatic carbocycles. The molecular formula is C57H51N3O. The highest BCUT2D eigenvalue weighted by Gasteiger charge is 2.35. The number of phenolic OH excluding ortho intramolecular Hbond substituents is 1. The number of nitrogens with zero attached hydrogens (tertiary/aromatic N) is 3. The second-order valence-electron chi connectivity index (χ2n) is 17.9. The highest BCUT2D eigenvalue weighted by molar-refractivity contribution is 5.98. The van der Waals surface area contributed by atoms with Crippen LogP contribution in [0.2, 0.25) is 0 Å². The van der Waals surface area contributed by atoms with Crippen LogP contribution in [0.25, 0.3) is 83.9 Å². The number of phenols is 1. The van der Waals surface area contributed by atoms with Crippen LogP contribution in [0, 0.1) is 19.3 Å². The third-order valence-corrected chi connectivity index (χ3v) is 12.8. The monoisotopic (exact) mass is 793 g/mol.